The number of piperidine rings is 2. The fourth-order valence-corrected chi connectivity index (χ4v) is 3.64. The molecule has 0 saturated carbocycles. The average Bonchev–Trinajstić information content (AvgIpc) is 2.48. The highest BCUT2D eigenvalue weighted by Gasteiger charge is 2.23. The number of β-amino-alcohol motifs (C(OH)–C–C–N with tert-alkyl or cyclic N) is 1. The molecule has 2 rings (SSSR count). The number of rotatable bonds is 7. The quantitative estimate of drug-likeness (QED) is 0.778. The Hall–Kier alpha value is -0.160. The number of likely N-dealkylation sites (tertiary alicyclic amines) is 2. The first kappa shape index (κ1) is 17.2. The molecule has 0 aromatic carbocycles. The van der Waals surface area contributed by atoms with Crippen molar-refractivity contribution in [1.82, 2.24) is 9.80 Å². The first-order valence-corrected chi connectivity index (χ1v) is 8.88. The lowest BCUT2D eigenvalue weighted by atomic mass is 9.98. The predicted molar refractivity (Wildman–Crippen MR) is 86.5 cm³/mol. The molecule has 0 radical (unpaired) electrons. The monoisotopic (exact) mass is 298 g/mol. The van der Waals surface area contributed by atoms with Gasteiger partial charge >= 0.3 is 0 Å². The van der Waals surface area contributed by atoms with Crippen molar-refractivity contribution in [2.24, 2.45) is 11.8 Å². The third kappa shape index (κ3) is 6.23. The van der Waals surface area contributed by atoms with Crippen molar-refractivity contribution in [2.75, 3.05) is 52.5 Å². The van der Waals surface area contributed by atoms with Crippen LogP contribution in [-0.4, -0.2) is 73.5 Å². The molecule has 0 spiro atoms. The molecule has 124 valence electrons. The van der Waals surface area contributed by atoms with Crippen molar-refractivity contribution < 1.29 is 9.84 Å². The van der Waals surface area contributed by atoms with Crippen LogP contribution in [0.2, 0.25) is 0 Å². The molecule has 21 heavy (non-hydrogen) atoms. The van der Waals surface area contributed by atoms with E-state index < -0.39 is 0 Å². The van der Waals surface area contributed by atoms with Crippen molar-refractivity contribution in [3.63, 3.8) is 0 Å². The zero-order valence-corrected chi connectivity index (χ0v) is 14.0. The van der Waals surface area contributed by atoms with E-state index in [2.05, 4.69) is 23.6 Å². The Morgan fingerprint density at radius 2 is 1.81 bits per heavy atom. The predicted octanol–water partition coefficient (Wildman–Crippen LogP) is 1.83. The summed E-state index contributed by atoms with van der Waals surface area (Å²) in [5.74, 6) is 1.52. The van der Waals surface area contributed by atoms with E-state index in [1.54, 1.807) is 0 Å². The summed E-state index contributed by atoms with van der Waals surface area (Å²) in [4.78, 5) is 4.87. The fraction of sp³-hybridized carbons (Fsp3) is 1.00. The maximum atomic E-state index is 10.4. The van der Waals surface area contributed by atoms with E-state index >= 15 is 0 Å². The van der Waals surface area contributed by atoms with Crippen LogP contribution in [0.3, 0.4) is 0 Å². The summed E-state index contributed by atoms with van der Waals surface area (Å²) in [5, 5.41) is 10.4. The van der Waals surface area contributed by atoms with Gasteiger partial charge in [-0.3, -0.25) is 0 Å². The molecule has 0 amide bonds. The van der Waals surface area contributed by atoms with Gasteiger partial charge in [0.15, 0.2) is 0 Å². The van der Waals surface area contributed by atoms with Crippen LogP contribution in [0.5, 0.6) is 0 Å². The van der Waals surface area contributed by atoms with Crippen molar-refractivity contribution >= 4 is 0 Å². The molecule has 2 unspecified atom stereocenters. The van der Waals surface area contributed by atoms with Gasteiger partial charge in [-0.25, -0.2) is 0 Å². The van der Waals surface area contributed by atoms with E-state index in [4.69, 9.17) is 4.74 Å². The average molecular weight is 298 g/mol. The van der Waals surface area contributed by atoms with E-state index in [0.29, 0.717) is 5.92 Å². The Balaban J connectivity index is 1.65. The molecule has 2 atom stereocenters. The van der Waals surface area contributed by atoms with Crippen LogP contribution in [-0.2, 0) is 4.74 Å². The van der Waals surface area contributed by atoms with Crippen molar-refractivity contribution in [1.29, 1.82) is 0 Å². The number of hydrogen-bond acceptors (Lipinski definition) is 4. The number of ether oxygens (including phenoxy) is 1. The molecule has 2 aliphatic heterocycles. The fourth-order valence-electron chi connectivity index (χ4n) is 3.64. The number of nitrogens with zero attached hydrogens (tertiary/aromatic N) is 2. The minimum atomic E-state index is -0.204. The molecular formula is C17H34N2O2. The van der Waals surface area contributed by atoms with Crippen LogP contribution in [0, 0.1) is 11.8 Å². The van der Waals surface area contributed by atoms with E-state index in [0.717, 1.165) is 58.4 Å². The Morgan fingerprint density at radius 1 is 1.10 bits per heavy atom. The van der Waals surface area contributed by atoms with Crippen LogP contribution in [0.1, 0.15) is 39.5 Å². The van der Waals surface area contributed by atoms with Crippen LogP contribution in [0.15, 0.2) is 0 Å². The summed E-state index contributed by atoms with van der Waals surface area (Å²) in [7, 11) is 0. The highest BCUT2D eigenvalue weighted by atomic mass is 16.5. The van der Waals surface area contributed by atoms with E-state index in [1.807, 2.05) is 0 Å². The van der Waals surface area contributed by atoms with E-state index in [-0.39, 0.29) is 6.10 Å². The Bertz CT molecular complexity index is 280. The van der Waals surface area contributed by atoms with Gasteiger partial charge in [0, 0.05) is 26.2 Å². The normalized spacial score (nSPS) is 27.9. The summed E-state index contributed by atoms with van der Waals surface area (Å²) in [5.41, 5.74) is 0. The van der Waals surface area contributed by atoms with Crippen LogP contribution < -0.4 is 0 Å². The molecule has 0 bridgehead atoms. The number of aliphatic hydroxyl groups excluding tert-OH is 1. The molecule has 0 aromatic heterocycles. The van der Waals surface area contributed by atoms with Gasteiger partial charge in [0.2, 0.25) is 0 Å². The van der Waals surface area contributed by atoms with E-state index in [9.17, 15) is 5.11 Å². The molecule has 0 aliphatic carbocycles. The van der Waals surface area contributed by atoms with Gasteiger partial charge in [0.1, 0.15) is 0 Å². The molecule has 1 N–H and O–H groups in total. The second-order valence-electron chi connectivity index (χ2n) is 7.06. The molecule has 2 fully saturated rings. The first-order valence-electron chi connectivity index (χ1n) is 8.88. The molecule has 4 heteroatoms. The first-order chi connectivity index (χ1) is 10.2. The van der Waals surface area contributed by atoms with Crippen molar-refractivity contribution in [3.8, 4) is 0 Å². The van der Waals surface area contributed by atoms with Gasteiger partial charge in [-0.1, -0.05) is 6.92 Å². The SMILES string of the molecule is CCOCC1CCCN(CC(O)CN2CCC(C)CC2)C1. The molecule has 0 aromatic rings. The highest BCUT2D eigenvalue weighted by Crippen LogP contribution is 2.18. The van der Waals surface area contributed by atoms with E-state index in [1.165, 1.54) is 25.7 Å². The smallest absolute Gasteiger partial charge is 0.0793 e. The Kier molecular flexibility index (Phi) is 7.44. The summed E-state index contributed by atoms with van der Waals surface area (Å²) < 4.78 is 5.56. The highest BCUT2D eigenvalue weighted by molar-refractivity contribution is 4.78. The zero-order valence-electron chi connectivity index (χ0n) is 14.0. The summed E-state index contributed by atoms with van der Waals surface area (Å²) in [6, 6.07) is 0. The molecule has 2 heterocycles. The third-order valence-electron chi connectivity index (χ3n) is 4.97. The lowest BCUT2D eigenvalue weighted by Crippen LogP contribution is -2.46. The van der Waals surface area contributed by atoms with Crippen LogP contribution in [0.4, 0.5) is 0 Å². The largest absolute Gasteiger partial charge is 0.390 e. The van der Waals surface area contributed by atoms with Crippen molar-refractivity contribution in [2.45, 2.75) is 45.6 Å². The zero-order chi connectivity index (χ0) is 15.1. The molecule has 2 saturated heterocycles. The molecule has 2 aliphatic rings. The van der Waals surface area contributed by atoms with Gasteiger partial charge in [-0.15, -0.1) is 0 Å². The summed E-state index contributed by atoms with van der Waals surface area (Å²) in [6.45, 7) is 12.3. The molecule has 4 nitrogen and oxygen atoms in total. The Morgan fingerprint density at radius 3 is 2.52 bits per heavy atom. The second kappa shape index (κ2) is 9.09. The second-order valence-corrected chi connectivity index (χ2v) is 7.06. The minimum absolute atomic E-state index is 0.204. The van der Waals surface area contributed by atoms with Gasteiger partial charge in [-0.05, 0) is 64.1 Å². The minimum Gasteiger partial charge on any atom is -0.390 e. The Labute approximate surface area is 130 Å². The van der Waals surface area contributed by atoms with Gasteiger partial charge < -0.3 is 19.6 Å². The van der Waals surface area contributed by atoms with Crippen molar-refractivity contribution in [3.05, 3.63) is 0 Å². The maximum absolute atomic E-state index is 10.4. The summed E-state index contributed by atoms with van der Waals surface area (Å²) >= 11 is 0. The lowest BCUT2D eigenvalue weighted by Gasteiger charge is -2.36. The standard InChI is InChI=1S/C17H34N2O2/c1-3-21-14-16-5-4-8-19(11-16)13-17(20)12-18-9-6-15(2)7-10-18/h15-17,20H,3-14H2,1-2H3. The van der Waals surface area contributed by atoms with Gasteiger partial charge in [0.25, 0.3) is 0 Å². The number of aliphatic hydroxyl groups is 1. The topological polar surface area (TPSA) is 35.9 Å². The van der Waals surface area contributed by atoms with Crippen LogP contribution in [0.25, 0.3) is 0 Å². The van der Waals surface area contributed by atoms with Crippen LogP contribution >= 0.6 is 0 Å². The lowest BCUT2D eigenvalue weighted by molar-refractivity contribution is 0.0287. The summed E-state index contributed by atoms with van der Waals surface area (Å²) in [6.07, 6.45) is 4.88. The van der Waals surface area contributed by atoms with Gasteiger partial charge in [-0.2, -0.15) is 0 Å². The maximum Gasteiger partial charge on any atom is 0.0793 e. The third-order valence-corrected chi connectivity index (χ3v) is 4.97. The van der Waals surface area contributed by atoms with Gasteiger partial charge in [0.05, 0.1) is 12.7 Å². The number of hydrogen-bond donors (Lipinski definition) is 1. The molecular weight excluding hydrogens is 264 g/mol.